The maximum absolute atomic E-state index is 3.12. The van der Waals surface area contributed by atoms with Crippen molar-refractivity contribution in [3.8, 4) is 10.4 Å². The van der Waals surface area contributed by atoms with Gasteiger partial charge in [0.1, 0.15) is 0 Å². The van der Waals surface area contributed by atoms with E-state index in [1.807, 2.05) is 22.7 Å². The van der Waals surface area contributed by atoms with Crippen molar-refractivity contribution in [2.75, 3.05) is 13.6 Å². The van der Waals surface area contributed by atoms with Crippen LogP contribution >= 0.6 is 55.0 Å². The first-order valence-corrected chi connectivity index (χ1v) is 33.9. The average Bonchev–Trinajstić information content (AvgIpc) is 4.27. The highest BCUT2D eigenvalue weighted by atomic mass is 32.1. The Morgan fingerprint density at radius 3 is 1.53 bits per heavy atom. The van der Waals surface area contributed by atoms with Gasteiger partial charge in [0.15, 0.2) is 0 Å². The van der Waals surface area contributed by atoms with Gasteiger partial charge in [-0.3, -0.25) is 8.88 Å². The summed E-state index contributed by atoms with van der Waals surface area (Å²) in [6.07, 6.45) is 7.22. The summed E-state index contributed by atoms with van der Waals surface area (Å²) in [6.45, 7) is 17.7. The fourth-order valence-electron chi connectivity index (χ4n) is 11.4. The molecule has 2 fully saturated rings. The average molecular weight is 1070 g/mol. The second kappa shape index (κ2) is 23.3. The summed E-state index contributed by atoms with van der Waals surface area (Å²) in [5, 5.41) is 13.3. The molecule has 2 aromatic heterocycles. The Balaban J connectivity index is 1.11. The highest BCUT2D eigenvalue weighted by Crippen LogP contribution is 2.78. The smallest absolute Gasteiger partial charge is 0.0352 e. The standard InChI is InChI=1S/C65H74N2P4S2/c1-9-10-42-67(71-60(48-23-15-11-16-24-48)37-38-61(71)49-25-17-12-18-26-49)69(55-41-43-72-46-55)56-45-63(73-47-56)58-44-52(65(5,6)7)35-36-57(58)62-40-39-59(50-31-33-51(34-32-50)64(2,3)4)70(62)66(8)68(53-27-19-13-20-28-53)54-29-21-14-22-30-54/h11-36,41,43-47,59-62H,9-10,37-40,42H2,1-8H3/t59-,60-,61-,62-,69?,70?/m0/s1. The zero-order valence-electron chi connectivity index (χ0n) is 44.2. The van der Waals surface area contributed by atoms with Crippen molar-refractivity contribution < 1.29 is 0 Å². The molecular formula is C65H74N2P4S2. The maximum Gasteiger partial charge on any atom is 0.0352 e. The molecule has 6 aromatic carbocycles. The fraction of sp³-hybridized carbons (Fsp3) is 0.323. The summed E-state index contributed by atoms with van der Waals surface area (Å²) < 4.78 is 6.03. The summed E-state index contributed by atoms with van der Waals surface area (Å²) in [5.74, 6) is 0. The van der Waals surface area contributed by atoms with Gasteiger partial charge in [-0.1, -0.05) is 213 Å². The molecule has 0 bridgehead atoms. The van der Waals surface area contributed by atoms with Gasteiger partial charge < -0.3 is 0 Å². The predicted octanol–water partition coefficient (Wildman–Crippen LogP) is 19.1. The summed E-state index contributed by atoms with van der Waals surface area (Å²) in [6, 6.07) is 68.7. The van der Waals surface area contributed by atoms with E-state index in [0.29, 0.717) is 22.6 Å². The number of thiophene rings is 2. The number of hydrogen-bond donors (Lipinski definition) is 0. The number of rotatable bonds is 16. The topological polar surface area (TPSA) is 6.48 Å². The van der Waals surface area contributed by atoms with Crippen molar-refractivity contribution in [3.63, 3.8) is 0 Å². The van der Waals surface area contributed by atoms with Crippen LogP contribution in [0.3, 0.4) is 0 Å². The van der Waals surface area contributed by atoms with E-state index in [2.05, 4.69) is 256 Å². The van der Waals surface area contributed by atoms with E-state index in [-0.39, 0.29) is 10.8 Å². The molecule has 4 heterocycles. The highest BCUT2D eigenvalue weighted by molar-refractivity contribution is 7.80. The molecule has 2 nitrogen and oxygen atoms in total. The lowest BCUT2D eigenvalue weighted by molar-refractivity contribution is 0.589. The van der Waals surface area contributed by atoms with Crippen LogP contribution in [0.2, 0.25) is 0 Å². The van der Waals surface area contributed by atoms with E-state index in [4.69, 9.17) is 0 Å². The largest absolute Gasteiger partial charge is 0.254 e. The Hall–Kier alpha value is -3.64. The molecule has 73 heavy (non-hydrogen) atoms. The van der Waals surface area contributed by atoms with Crippen LogP contribution in [0.25, 0.3) is 10.4 Å². The third-order valence-electron chi connectivity index (χ3n) is 15.2. The van der Waals surface area contributed by atoms with E-state index in [0.717, 1.165) is 6.54 Å². The van der Waals surface area contributed by atoms with Crippen LogP contribution < -0.4 is 21.2 Å². The minimum absolute atomic E-state index is 0.0150. The molecule has 2 saturated heterocycles. The first kappa shape index (κ1) is 52.8. The minimum Gasteiger partial charge on any atom is -0.254 e. The molecule has 8 heteroatoms. The van der Waals surface area contributed by atoms with Crippen molar-refractivity contribution in [2.45, 2.75) is 120 Å². The predicted molar refractivity (Wildman–Crippen MR) is 329 cm³/mol. The maximum atomic E-state index is 3.12. The Morgan fingerprint density at radius 1 is 0.507 bits per heavy atom. The van der Waals surface area contributed by atoms with Crippen LogP contribution in [0.1, 0.15) is 143 Å². The van der Waals surface area contributed by atoms with Gasteiger partial charge in [0.25, 0.3) is 0 Å². The molecule has 0 spiro atoms. The van der Waals surface area contributed by atoms with Crippen molar-refractivity contribution in [1.29, 1.82) is 0 Å². The molecule has 2 unspecified atom stereocenters. The third-order valence-corrected chi connectivity index (χ3v) is 30.0. The number of benzene rings is 6. The lowest BCUT2D eigenvalue weighted by Gasteiger charge is -2.42. The lowest BCUT2D eigenvalue weighted by atomic mass is 9.84. The quantitative estimate of drug-likeness (QED) is 0.0890. The summed E-state index contributed by atoms with van der Waals surface area (Å²) in [7, 11) is -0.368. The van der Waals surface area contributed by atoms with E-state index >= 15 is 0 Å². The summed E-state index contributed by atoms with van der Waals surface area (Å²) in [4.78, 5) is 1.43. The Bertz CT molecular complexity index is 2900. The van der Waals surface area contributed by atoms with Crippen LogP contribution in [-0.4, -0.2) is 22.5 Å². The van der Waals surface area contributed by atoms with Crippen LogP contribution in [0, 0.1) is 0 Å². The van der Waals surface area contributed by atoms with Gasteiger partial charge >= 0.3 is 0 Å². The molecule has 6 atom stereocenters. The minimum atomic E-state index is -0.800. The molecule has 10 rings (SSSR count). The number of unbranched alkanes of at least 4 members (excludes halogenated alkanes) is 1. The van der Waals surface area contributed by atoms with Crippen molar-refractivity contribution in [1.82, 2.24) is 8.88 Å². The van der Waals surface area contributed by atoms with Crippen molar-refractivity contribution in [2.24, 2.45) is 0 Å². The van der Waals surface area contributed by atoms with Crippen LogP contribution in [0.4, 0.5) is 0 Å². The van der Waals surface area contributed by atoms with Gasteiger partial charge in [-0.25, -0.2) is 0 Å². The first-order valence-electron chi connectivity index (χ1n) is 26.6. The SMILES string of the molecule is CCCCN(P(c1ccsc1)c1csc(-c2cc(C(C)(C)C)ccc2[C@@H]2CC[C@@H](c3ccc(C(C)(C)C)cc3)P2N(C)P(c2ccccc2)c2ccccc2)c1)P1[C@H](c2ccccc2)CC[C@H]1c1ccccc1. The molecule has 0 aliphatic carbocycles. The van der Waals surface area contributed by atoms with Crippen LogP contribution in [-0.2, 0) is 10.8 Å². The van der Waals surface area contributed by atoms with E-state index in [9.17, 15) is 0 Å². The molecule has 8 aromatic rings. The van der Waals surface area contributed by atoms with E-state index in [1.54, 1.807) is 5.56 Å². The van der Waals surface area contributed by atoms with Gasteiger partial charge in [0.05, 0.1) is 0 Å². The number of hydrogen-bond acceptors (Lipinski definition) is 4. The van der Waals surface area contributed by atoms with Gasteiger partial charge in [-0.2, -0.15) is 11.3 Å². The Kier molecular flexibility index (Phi) is 16.9. The Labute approximate surface area is 452 Å². The van der Waals surface area contributed by atoms with Gasteiger partial charge in [0.2, 0.25) is 0 Å². The van der Waals surface area contributed by atoms with Crippen molar-refractivity contribution >= 4 is 76.2 Å². The monoisotopic (exact) mass is 1070 g/mol. The van der Waals surface area contributed by atoms with E-state index in [1.165, 1.54) is 98.0 Å². The Morgan fingerprint density at radius 2 is 1.01 bits per heavy atom. The zero-order chi connectivity index (χ0) is 50.7. The molecule has 2 aliphatic heterocycles. The molecule has 0 N–H and O–H groups in total. The summed E-state index contributed by atoms with van der Waals surface area (Å²) >= 11 is 3.88. The normalized spacial score (nSPS) is 20.1. The van der Waals surface area contributed by atoms with Crippen LogP contribution in [0.15, 0.2) is 192 Å². The van der Waals surface area contributed by atoms with Gasteiger partial charge in [-0.05, 0) is 145 Å². The van der Waals surface area contributed by atoms with E-state index < -0.39 is 32.3 Å². The zero-order valence-corrected chi connectivity index (χ0v) is 49.4. The fourth-order valence-corrected chi connectivity index (χ4v) is 28.2. The lowest BCUT2D eigenvalue weighted by Crippen LogP contribution is -2.26. The second-order valence-corrected chi connectivity index (χ2v) is 33.9. The second-order valence-electron chi connectivity index (χ2n) is 22.1. The van der Waals surface area contributed by atoms with Gasteiger partial charge in [0, 0.05) is 66.2 Å². The summed E-state index contributed by atoms with van der Waals surface area (Å²) in [5.41, 5.74) is 12.4. The molecule has 0 saturated carbocycles. The first-order chi connectivity index (χ1) is 35.4. The molecule has 376 valence electrons. The van der Waals surface area contributed by atoms with Gasteiger partial charge in [-0.15, -0.1) is 11.3 Å². The molecule has 0 amide bonds. The van der Waals surface area contributed by atoms with Crippen molar-refractivity contribution in [3.05, 3.63) is 225 Å². The highest BCUT2D eigenvalue weighted by Gasteiger charge is 2.46. The number of nitrogens with zero attached hydrogens (tertiary/aromatic N) is 2. The van der Waals surface area contributed by atoms with Crippen LogP contribution in [0.5, 0.6) is 0 Å². The third kappa shape index (κ3) is 11.6. The molecule has 2 aliphatic rings. The molecule has 0 radical (unpaired) electrons. The molecular weight excluding hydrogens is 997 g/mol.